The van der Waals surface area contributed by atoms with Crippen molar-refractivity contribution >= 4 is 0 Å². The maximum absolute atomic E-state index is 14.0. The van der Waals surface area contributed by atoms with Gasteiger partial charge in [0.1, 0.15) is 23.3 Å². The van der Waals surface area contributed by atoms with E-state index in [4.69, 9.17) is 0 Å². The van der Waals surface area contributed by atoms with Gasteiger partial charge >= 0.3 is 0 Å². The maximum Gasteiger partial charge on any atom is 0.131 e. The Labute approximate surface area is 120 Å². The van der Waals surface area contributed by atoms with Crippen molar-refractivity contribution in [1.82, 2.24) is 5.32 Å². The summed E-state index contributed by atoms with van der Waals surface area (Å²) in [7, 11) is 0. The van der Waals surface area contributed by atoms with Crippen molar-refractivity contribution in [3.05, 3.63) is 70.8 Å². The highest BCUT2D eigenvalue weighted by Crippen LogP contribution is 2.29. The third-order valence-electron chi connectivity index (χ3n) is 3.16. The highest BCUT2D eigenvalue weighted by molar-refractivity contribution is 5.34. The zero-order valence-electron chi connectivity index (χ0n) is 11.5. The van der Waals surface area contributed by atoms with E-state index in [9.17, 15) is 17.6 Å². The first kappa shape index (κ1) is 15.5. The van der Waals surface area contributed by atoms with Gasteiger partial charge in [-0.25, -0.2) is 17.6 Å². The number of hydrogen-bond acceptors (Lipinski definition) is 1. The van der Waals surface area contributed by atoms with Crippen LogP contribution in [-0.2, 0) is 0 Å². The van der Waals surface area contributed by atoms with Crippen molar-refractivity contribution in [3.8, 4) is 0 Å². The molecule has 0 aliphatic heterocycles. The molecule has 2 aromatic rings. The van der Waals surface area contributed by atoms with E-state index in [1.54, 1.807) is 0 Å². The van der Waals surface area contributed by atoms with E-state index in [2.05, 4.69) is 5.32 Å². The van der Waals surface area contributed by atoms with E-state index in [1.165, 1.54) is 12.1 Å². The summed E-state index contributed by atoms with van der Waals surface area (Å²) in [5, 5.41) is 2.90. The molecule has 0 spiro atoms. The van der Waals surface area contributed by atoms with Crippen LogP contribution in [0.1, 0.15) is 30.5 Å². The van der Waals surface area contributed by atoms with E-state index in [1.807, 2.05) is 6.92 Å². The molecule has 0 heterocycles. The van der Waals surface area contributed by atoms with Crippen LogP contribution in [0, 0.1) is 23.3 Å². The fourth-order valence-electron chi connectivity index (χ4n) is 2.18. The van der Waals surface area contributed by atoms with Crippen molar-refractivity contribution in [2.45, 2.75) is 19.4 Å². The van der Waals surface area contributed by atoms with Gasteiger partial charge in [-0.1, -0.05) is 19.1 Å². The normalized spacial score (nSPS) is 12.4. The third-order valence-corrected chi connectivity index (χ3v) is 3.16. The van der Waals surface area contributed by atoms with Crippen LogP contribution >= 0.6 is 0 Å². The third kappa shape index (κ3) is 3.42. The van der Waals surface area contributed by atoms with Crippen molar-refractivity contribution in [1.29, 1.82) is 0 Å². The fourth-order valence-corrected chi connectivity index (χ4v) is 2.18. The molecule has 0 aliphatic rings. The molecule has 21 heavy (non-hydrogen) atoms. The van der Waals surface area contributed by atoms with Gasteiger partial charge in [0, 0.05) is 17.2 Å². The van der Waals surface area contributed by atoms with Gasteiger partial charge in [-0.05, 0) is 31.2 Å². The molecule has 1 N–H and O–H groups in total. The van der Waals surface area contributed by atoms with Crippen LogP contribution in [-0.4, -0.2) is 6.54 Å². The predicted octanol–water partition coefficient (Wildman–Crippen LogP) is 4.33. The Morgan fingerprint density at radius 3 is 2.19 bits per heavy atom. The minimum Gasteiger partial charge on any atom is -0.306 e. The van der Waals surface area contributed by atoms with Crippen molar-refractivity contribution < 1.29 is 17.6 Å². The molecule has 0 saturated carbocycles. The van der Waals surface area contributed by atoms with E-state index in [-0.39, 0.29) is 11.1 Å². The summed E-state index contributed by atoms with van der Waals surface area (Å²) in [6.45, 7) is 2.32. The second-order valence-corrected chi connectivity index (χ2v) is 4.69. The Bertz CT molecular complexity index is 607. The second kappa shape index (κ2) is 6.72. The molecule has 112 valence electrons. The van der Waals surface area contributed by atoms with Crippen molar-refractivity contribution in [2.24, 2.45) is 0 Å². The lowest BCUT2D eigenvalue weighted by Gasteiger charge is -2.21. The minimum absolute atomic E-state index is 0.00819. The molecule has 2 aromatic carbocycles. The molecular weight excluding hydrogens is 282 g/mol. The molecule has 0 radical (unpaired) electrons. The van der Waals surface area contributed by atoms with Crippen LogP contribution in [0.2, 0.25) is 0 Å². The molecule has 0 amide bonds. The average Bonchev–Trinajstić information content (AvgIpc) is 2.43. The van der Waals surface area contributed by atoms with E-state index >= 15 is 0 Å². The van der Waals surface area contributed by atoms with Crippen LogP contribution in [0.5, 0.6) is 0 Å². The topological polar surface area (TPSA) is 12.0 Å². The van der Waals surface area contributed by atoms with Gasteiger partial charge in [-0.15, -0.1) is 0 Å². The fraction of sp³-hybridized carbons (Fsp3) is 0.250. The maximum atomic E-state index is 14.0. The lowest BCUT2D eigenvalue weighted by Crippen LogP contribution is -2.26. The zero-order chi connectivity index (χ0) is 15.4. The number of halogens is 4. The molecule has 1 nitrogen and oxygen atoms in total. The van der Waals surface area contributed by atoms with Crippen LogP contribution in [0.3, 0.4) is 0 Å². The lowest BCUT2D eigenvalue weighted by atomic mass is 9.97. The van der Waals surface area contributed by atoms with Gasteiger partial charge in [0.05, 0.1) is 6.04 Å². The highest BCUT2D eigenvalue weighted by atomic mass is 19.1. The summed E-state index contributed by atoms with van der Waals surface area (Å²) in [5.74, 6) is -3.12. The first-order valence-electron chi connectivity index (χ1n) is 6.66. The van der Waals surface area contributed by atoms with Gasteiger partial charge < -0.3 is 5.32 Å². The molecule has 1 atom stereocenters. The van der Waals surface area contributed by atoms with Gasteiger partial charge in [0.15, 0.2) is 0 Å². The monoisotopic (exact) mass is 297 g/mol. The lowest BCUT2D eigenvalue weighted by molar-refractivity contribution is 0.485. The summed E-state index contributed by atoms with van der Waals surface area (Å²) >= 11 is 0. The van der Waals surface area contributed by atoms with Crippen molar-refractivity contribution in [3.63, 3.8) is 0 Å². The summed E-state index contributed by atoms with van der Waals surface area (Å²) in [6, 6.07) is 5.43. The van der Waals surface area contributed by atoms with Crippen LogP contribution < -0.4 is 5.32 Å². The molecule has 0 fully saturated rings. The Morgan fingerprint density at radius 2 is 1.62 bits per heavy atom. The Hall–Kier alpha value is -1.88. The van der Waals surface area contributed by atoms with Crippen molar-refractivity contribution in [2.75, 3.05) is 6.54 Å². The van der Waals surface area contributed by atoms with Crippen LogP contribution in [0.25, 0.3) is 0 Å². The largest absolute Gasteiger partial charge is 0.306 e. The first-order chi connectivity index (χ1) is 10.0. The molecule has 0 saturated heterocycles. The molecule has 0 aliphatic carbocycles. The van der Waals surface area contributed by atoms with E-state index in [0.29, 0.717) is 19.0 Å². The number of benzene rings is 2. The molecule has 1 unspecified atom stereocenters. The predicted molar refractivity (Wildman–Crippen MR) is 72.9 cm³/mol. The van der Waals surface area contributed by atoms with Gasteiger partial charge in [-0.2, -0.15) is 0 Å². The summed E-state index contributed by atoms with van der Waals surface area (Å²) in [5.41, 5.74) is -0.259. The number of hydrogen-bond donors (Lipinski definition) is 1. The van der Waals surface area contributed by atoms with E-state index < -0.39 is 29.3 Å². The van der Waals surface area contributed by atoms with E-state index in [0.717, 1.165) is 18.2 Å². The average molecular weight is 297 g/mol. The van der Waals surface area contributed by atoms with Gasteiger partial charge in [-0.3, -0.25) is 0 Å². The Kier molecular flexibility index (Phi) is 4.96. The smallest absolute Gasteiger partial charge is 0.131 e. The highest BCUT2D eigenvalue weighted by Gasteiger charge is 2.24. The number of nitrogens with one attached hydrogen (secondary N) is 1. The summed E-state index contributed by atoms with van der Waals surface area (Å²) in [6.07, 6.45) is 0.704. The van der Waals surface area contributed by atoms with Gasteiger partial charge in [0.25, 0.3) is 0 Å². The molecule has 2 rings (SSSR count). The first-order valence-corrected chi connectivity index (χ1v) is 6.66. The Morgan fingerprint density at radius 1 is 0.952 bits per heavy atom. The van der Waals surface area contributed by atoms with Gasteiger partial charge in [0.2, 0.25) is 0 Å². The van der Waals surface area contributed by atoms with Crippen LogP contribution in [0.4, 0.5) is 17.6 Å². The minimum atomic E-state index is -1.01. The Balaban J connectivity index is 2.52. The number of rotatable bonds is 5. The summed E-state index contributed by atoms with van der Waals surface area (Å²) in [4.78, 5) is 0. The second-order valence-electron chi connectivity index (χ2n) is 4.69. The molecular formula is C16H15F4N. The van der Waals surface area contributed by atoms with Crippen LogP contribution in [0.15, 0.2) is 36.4 Å². The molecule has 0 aromatic heterocycles. The molecule has 0 bridgehead atoms. The summed E-state index contributed by atoms with van der Waals surface area (Å²) < 4.78 is 54.9. The molecule has 5 heteroatoms. The zero-order valence-corrected chi connectivity index (χ0v) is 11.5. The standard InChI is InChI=1S/C16H15F4N/c1-2-8-21-16(11-7-6-10(17)9-14(11)20)15-12(18)4-3-5-13(15)19/h3-7,9,16,21H,2,8H2,1H3. The quantitative estimate of drug-likeness (QED) is 0.810. The SMILES string of the molecule is CCCNC(c1ccc(F)cc1F)c1c(F)cccc1F.